The molecule has 1 saturated heterocycles. The highest BCUT2D eigenvalue weighted by Gasteiger charge is 2.12. The Bertz CT molecular complexity index is 353. The molecule has 1 aliphatic rings. The van der Waals surface area contributed by atoms with Gasteiger partial charge in [0.25, 0.3) is 0 Å². The maximum absolute atomic E-state index is 11.8. The molecule has 1 aliphatic heterocycles. The molecule has 0 bridgehead atoms. The third-order valence-corrected chi connectivity index (χ3v) is 3.99. The minimum atomic E-state index is 0.309. The first kappa shape index (κ1) is 11.8. The highest BCUT2D eigenvalue weighted by Crippen LogP contribution is 2.16. The zero-order valence-electron chi connectivity index (χ0n) is 9.87. The summed E-state index contributed by atoms with van der Waals surface area (Å²) in [6.45, 7) is 5.60. The van der Waals surface area contributed by atoms with Gasteiger partial charge < -0.3 is 4.90 Å². The molecule has 0 amide bonds. The minimum Gasteiger partial charge on any atom is -0.303 e. The number of hydrogen-bond acceptors (Lipinski definition) is 3. The maximum Gasteiger partial charge on any atom is 0.163 e. The van der Waals surface area contributed by atoms with Gasteiger partial charge in [-0.3, -0.25) is 4.79 Å². The Hall–Kier alpha value is -0.670. The fraction of sp³-hybridized carbons (Fsp3) is 0.615. The Morgan fingerprint density at radius 3 is 2.81 bits per heavy atom. The molecule has 16 heavy (non-hydrogen) atoms. The number of aryl methyl sites for hydroxylation is 1. The van der Waals surface area contributed by atoms with Crippen molar-refractivity contribution in [1.82, 2.24) is 4.90 Å². The molecule has 0 saturated carbocycles. The van der Waals surface area contributed by atoms with Crippen LogP contribution in [0.15, 0.2) is 11.4 Å². The Balaban J connectivity index is 1.71. The monoisotopic (exact) mass is 237 g/mol. The largest absolute Gasteiger partial charge is 0.303 e. The standard InChI is InChI=1S/C13H19NOS/c1-11-9-12(10-16-11)13(15)5-4-8-14-6-2-3-7-14/h9-10H,2-8H2,1H3. The number of thiophene rings is 1. The highest BCUT2D eigenvalue weighted by molar-refractivity contribution is 7.10. The average Bonchev–Trinajstić information content (AvgIpc) is 2.89. The van der Waals surface area contributed by atoms with Gasteiger partial charge >= 0.3 is 0 Å². The van der Waals surface area contributed by atoms with Gasteiger partial charge in [-0.15, -0.1) is 11.3 Å². The van der Waals surface area contributed by atoms with Crippen molar-refractivity contribution >= 4 is 17.1 Å². The summed E-state index contributed by atoms with van der Waals surface area (Å²) in [7, 11) is 0. The molecule has 2 nitrogen and oxygen atoms in total. The van der Waals surface area contributed by atoms with Crippen molar-refractivity contribution in [3.8, 4) is 0 Å². The number of likely N-dealkylation sites (tertiary alicyclic amines) is 1. The fourth-order valence-electron chi connectivity index (χ4n) is 2.20. The van der Waals surface area contributed by atoms with Crippen molar-refractivity contribution < 1.29 is 4.79 Å². The molecule has 3 heteroatoms. The second-order valence-electron chi connectivity index (χ2n) is 4.52. The number of carbonyl (C=O) groups is 1. The second kappa shape index (κ2) is 5.60. The van der Waals surface area contributed by atoms with Crippen LogP contribution in [0.25, 0.3) is 0 Å². The first-order valence-electron chi connectivity index (χ1n) is 6.06. The van der Waals surface area contributed by atoms with E-state index in [2.05, 4.69) is 4.90 Å². The summed E-state index contributed by atoms with van der Waals surface area (Å²) in [4.78, 5) is 15.5. The third-order valence-electron chi connectivity index (χ3n) is 3.13. The maximum atomic E-state index is 11.8. The number of carbonyl (C=O) groups excluding carboxylic acids is 1. The lowest BCUT2D eigenvalue weighted by Gasteiger charge is -2.13. The molecule has 0 N–H and O–H groups in total. The van der Waals surface area contributed by atoms with Gasteiger partial charge in [-0.2, -0.15) is 0 Å². The molecule has 0 unspecified atom stereocenters. The molecule has 1 aromatic heterocycles. The molecular formula is C13H19NOS. The summed E-state index contributed by atoms with van der Waals surface area (Å²) < 4.78 is 0. The molecule has 0 radical (unpaired) electrons. The van der Waals surface area contributed by atoms with Crippen molar-refractivity contribution in [2.45, 2.75) is 32.6 Å². The Morgan fingerprint density at radius 2 is 2.19 bits per heavy atom. The fourth-order valence-corrected chi connectivity index (χ4v) is 2.91. The Kier molecular flexibility index (Phi) is 4.13. The molecular weight excluding hydrogens is 218 g/mol. The predicted molar refractivity (Wildman–Crippen MR) is 68.3 cm³/mol. The smallest absolute Gasteiger partial charge is 0.163 e. The third kappa shape index (κ3) is 3.16. The van der Waals surface area contributed by atoms with Crippen molar-refractivity contribution in [3.05, 3.63) is 21.9 Å². The number of Topliss-reactive ketones (excluding diaryl/α,β-unsaturated/α-hetero) is 1. The normalized spacial score (nSPS) is 16.8. The summed E-state index contributed by atoms with van der Waals surface area (Å²) in [5, 5.41) is 1.98. The van der Waals surface area contributed by atoms with Gasteiger partial charge in [0.2, 0.25) is 0 Å². The van der Waals surface area contributed by atoms with Gasteiger partial charge in [-0.25, -0.2) is 0 Å². The SMILES string of the molecule is Cc1cc(C(=O)CCCN2CCCC2)cs1. The zero-order chi connectivity index (χ0) is 11.4. The van der Waals surface area contributed by atoms with Crippen molar-refractivity contribution in [2.75, 3.05) is 19.6 Å². The van der Waals surface area contributed by atoms with E-state index in [1.54, 1.807) is 11.3 Å². The van der Waals surface area contributed by atoms with E-state index in [0.29, 0.717) is 12.2 Å². The molecule has 1 fully saturated rings. The molecule has 0 atom stereocenters. The molecule has 0 spiro atoms. The predicted octanol–water partition coefficient (Wildman–Crippen LogP) is 3.12. The molecule has 88 valence electrons. The van der Waals surface area contributed by atoms with Crippen LogP contribution in [0.5, 0.6) is 0 Å². The van der Waals surface area contributed by atoms with Gasteiger partial charge in [0, 0.05) is 22.2 Å². The number of hydrogen-bond donors (Lipinski definition) is 0. The topological polar surface area (TPSA) is 20.3 Å². The lowest BCUT2D eigenvalue weighted by molar-refractivity contribution is 0.0976. The van der Waals surface area contributed by atoms with Gasteiger partial charge in [0.15, 0.2) is 5.78 Å². The van der Waals surface area contributed by atoms with Crippen molar-refractivity contribution in [1.29, 1.82) is 0 Å². The van der Waals surface area contributed by atoms with Crippen LogP contribution in [0.3, 0.4) is 0 Å². The van der Waals surface area contributed by atoms with Crippen molar-refractivity contribution in [2.24, 2.45) is 0 Å². The van der Waals surface area contributed by atoms with Crippen LogP contribution >= 0.6 is 11.3 Å². The van der Waals surface area contributed by atoms with E-state index in [1.165, 1.54) is 30.8 Å². The minimum absolute atomic E-state index is 0.309. The Labute approximate surface area is 101 Å². The van der Waals surface area contributed by atoms with E-state index in [-0.39, 0.29) is 0 Å². The first-order valence-corrected chi connectivity index (χ1v) is 6.94. The van der Waals surface area contributed by atoms with Crippen LogP contribution in [0.2, 0.25) is 0 Å². The zero-order valence-corrected chi connectivity index (χ0v) is 10.7. The van der Waals surface area contributed by atoms with E-state index >= 15 is 0 Å². The molecule has 0 aromatic carbocycles. The lowest BCUT2D eigenvalue weighted by Crippen LogP contribution is -2.20. The summed E-state index contributed by atoms with van der Waals surface area (Å²) >= 11 is 1.66. The van der Waals surface area contributed by atoms with Gasteiger partial charge in [-0.05, 0) is 51.9 Å². The number of rotatable bonds is 5. The highest BCUT2D eigenvalue weighted by atomic mass is 32.1. The molecule has 0 aliphatic carbocycles. The first-order chi connectivity index (χ1) is 7.75. The lowest BCUT2D eigenvalue weighted by atomic mass is 10.1. The number of nitrogens with zero attached hydrogens (tertiary/aromatic N) is 1. The molecule has 2 heterocycles. The van der Waals surface area contributed by atoms with Gasteiger partial charge in [-0.1, -0.05) is 0 Å². The summed E-state index contributed by atoms with van der Waals surface area (Å²) in [6, 6.07) is 2.00. The molecule has 1 aromatic rings. The Morgan fingerprint density at radius 1 is 1.44 bits per heavy atom. The van der Waals surface area contributed by atoms with E-state index in [4.69, 9.17) is 0 Å². The van der Waals surface area contributed by atoms with Gasteiger partial charge in [0.1, 0.15) is 0 Å². The summed E-state index contributed by atoms with van der Waals surface area (Å²) in [5.74, 6) is 0.309. The summed E-state index contributed by atoms with van der Waals surface area (Å²) in [6.07, 6.45) is 4.37. The van der Waals surface area contributed by atoms with E-state index in [9.17, 15) is 4.79 Å². The van der Waals surface area contributed by atoms with E-state index in [0.717, 1.165) is 18.5 Å². The van der Waals surface area contributed by atoms with Crippen LogP contribution in [-0.4, -0.2) is 30.3 Å². The number of ketones is 1. The van der Waals surface area contributed by atoms with E-state index < -0.39 is 0 Å². The average molecular weight is 237 g/mol. The quantitative estimate of drug-likeness (QED) is 0.733. The second-order valence-corrected chi connectivity index (χ2v) is 5.64. The van der Waals surface area contributed by atoms with E-state index in [1.807, 2.05) is 18.4 Å². The van der Waals surface area contributed by atoms with Crippen LogP contribution in [-0.2, 0) is 0 Å². The van der Waals surface area contributed by atoms with Crippen LogP contribution in [0.1, 0.15) is 40.9 Å². The van der Waals surface area contributed by atoms with Gasteiger partial charge in [0.05, 0.1) is 0 Å². The summed E-state index contributed by atoms with van der Waals surface area (Å²) in [5.41, 5.74) is 0.906. The van der Waals surface area contributed by atoms with Crippen molar-refractivity contribution in [3.63, 3.8) is 0 Å². The van der Waals surface area contributed by atoms with Crippen LogP contribution in [0, 0.1) is 6.92 Å². The molecule has 2 rings (SSSR count). The van der Waals surface area contributed by atoms with Crippen LogP contribution < -0.4 is 0 Å². The van der Waals surface area contributed by atoms with Crippen LogP contribution in [0.4, 0.5) is 0 Å².